The molecule has 1 fully saturated rings. The van der Waals surface area contributed by atoms with Gasteiger partial charge in [-0.3, -0.25) is 9.59 Å². The summed E-state index contributed by atoms with van der Waals surface area (Å²) in [5, 5.41) is 2.90. The molecule has 5 N–H and O–H groups in total. The zero-order valence-electron chi connectivity index (χ0n) is 17.2. The fourth-order valence-electron chi connectivity index (χ4n) is 3.53. The van der Waals surface area contributed by atoms with E-state index >= 15 is 0 Å². The summed E-state index contributed by atoms with van der Waals surface area (Å²) in [4.78, 5) is 26.1. The predicted molar refractivity (Wildman–Crippen MR) is 128 cm³/mol. The Morgan fingerprint density at radius 2 is 1.74 bits per heavy atom. The molecule has 1 unspecified atom stereocenters. The average Bonchev–Trinajstić information content (AvgIpc) is 2.74. The number of halogens is 2. The molecule has 2 amide bonds. The zero-order chi connectivity index (χ0) is 20.6. The summed E-state index contributed by atoms with van der Waals surface area (Å²) in [6, 6.07) is 16.6. The predicted octanol–water partition coefficient (Wildman–Crippen LogP) is 2.71. The van der Waals surface area contributed by atoms with Crippen LogP contribution in [0.3, 0.4) is 0 Å². The molecule has 3 rings (SSSR count). The van der Waals surface area contributed by atoms with E-state index < -0.39 is 11.9 Å². The minimum absolute atomic E-state index is 0. The summed E-state index contributed by atoms with van der Waals surface area (Å²) in [6.45, 7) is 1.89. The Hall–Kier alpha value is -2.32. The van der Waals surface area contributed by atoms with E-state index in [1.807, 2.05) is 59.5 Å². The van der Waals surface area contributed by atoms with Crippen molar-refractivity contribution in [1.82, 2.24) is 0 Å². The lowest BCUT2D eigenvalue weighted by molar-refractivity contribution is -0.119. The Morgan fingerprint density at radius 1 is 1.06 bits per heavy atom. The van der Waals surface area contributed by atoms with Gasteiger partial charge in [0.1, 0.15) is 0 Å². The molecule has 1 aliphatic heterocycles. The molecule has 1 heterocycles. The Morgan fingerprint density at radius 3 is 2.39 bits per heavy atom. The Labute approximate surface area is 195 Å². The molecule has 2 aromatic rings. The van der Waals surface area contributed by atoms with Crippen LogP contribution >= 0.6 is 24.8 Å². The fraction of sp³-hybridized carbons (Fsp3) is 0.364. The number of nitrogens with zero attached hydrogens (tertiary/aromatic N) is 1. The van der Waals surface area contributed by atoms with Crippen molar-refractivity contribution in [2.24, 2.45) is 17.4 Å². The van der Waals surface area contributed by atoms with Crippen LogP contribution in [0.5, 0.6) is 0 Å². The van der Waals surface area contributed by atoms with Crippen molar-refractivity contribution in [1.29, 1.82) is 0 Å². The van der Waals surface area contributed by atoms with Crippen molar-refractivity contribution in [3.05, 3.63) is 60.2 Å². The molecule has 0 saturated carbocycles. The molecule has 7 nitrogen and oxygen atoms in total. The van der Waals surface area contributed by atoms with Gasteiger partial charge in [-0.05, 0) is 42.5 Å². The highest BCUT2D eigenvalue weighted by atomic mass is 35.5. The SMILES string of the molecule is Cl.Cl.NC(=O)CN(Cc1ccccc1)c1cccc(NC(=O)C(N)C2CCOCC2)c1. The zero-order valence-corrected chi connectivity index (χ0v) is 18.9. The number of rotatable bonds is 8. The number of ether oxygens (including phenoxy) is 1. The van der Waals surface area contributed by atoms with Crippen LogP contribution in [0.4, 0.5) is 11.4 Å². The molecule has 1 saturated heterocycles. The lowest BCUT2D eigenvalue weighted by Gasteiger charge is -2.27. The summed E-state index contributed by atoms with van der Waals surface area (Å²) in [6.07, 6.45) is 1.58. The van der Waals surface area contributed by atoms with Crippen molar-refractivity contribution in [3.63, 3.8) is 0 Å². The summed E-state index contributed by atoms with van der Waals surface area (Å²) < 4.78 is 5.34. The summed E-state index contributed by atoms with van der Waals surface area (Å²) in [5.74, 6) is -0.508. The average molecular weight is 469 g/mol. The van der Waals surface area contributed by atoms with Crippen LogP contribution in [0.15, 0.2) is 54.6 Å². The molecular weight excluding hydrogens is 439 g/mol. The molecule has 1 atom stereocenters. The topological polar surface area (TPSA) is 111 Å². The second-order valence-corrected chi connectivity index (χ2v) is 7.32. The number of hydrogen-bond acceptors (Lipinski definition) is 5. The number of primary amides is 1. The summed E-state index contributed by atoms with van der Waals surface area (Å²) in [5.41, 5.74) is 14.1. The van der Waals surface area contributed by atoms with Gasteiger partial charge in [0.2, 0.25) is 11.8 Å². The summed E-state index contributed by atoms with van der Waals surface area (Å²) >= 11 is 0. The second kappa shape index (κ2) is 13.2. The minimum Gasteiger partial charge on any atom is -0.381 e. The van der Waals surface area contributed by atoms with Gasteiger partial charge in [-0.25, -0.2) is 0 Å². The molecule has 170 valence electrons. The van der Waals surface area contributed by atoms with Crippen LogP contribution in [0.2, 0.25) is 0 Å². The minimum atomic E-state index is -0.575. The number of carbonyl (C=O) groups is 2. The van der Waals surface area contributed by atoms with Crippen molar-refractivity contribution in [2.75, 3.05) is 30.0 Å². The maximum Gasteiger partial charge on any atom is 0.241 e. The highest BCUT2D eigenvalue weighted by molar-refractivity contribution is 5.95. The standard InChI is InChI=1S/C22H28N4O3.2ClH/c23-20(27)15-26(14-16-5-2-1-3-6-16)19-8-4-7-18(13-19)25-22(28)21(24)17-9-11-29-12-10-17;;/h1-8,13,17,21H,9-12,14-15,24H2,(H2,23,27)(H,25,28);2*1H. The Balaban J connectivity index is 0.00000240. The third kappa shape index (κ3) is 8.03. The van der Waals surface area contributed by atoms with Gasteiger partial charge in [0.15, 0.2) is 0 Å². The van der Waals surface area contributed by atoms with E-state index in [1.54, 1.807) is 0 Å². The van der Waals surface area contributed by atoms with Crippen LogP contribution in [0, 0.1) is 5.92 Å². The number of carbonyl (C=O) groups excluding carboxylic acids is 2. The molecule has 31 heavy (non-hydrogen) atoms. The van der Waals surface area contributed by atoms with Gasteiger partial charge in [-0.1, -0.05) is 36.4 Å². The molecule has 2 aromatic carbocycles. The van der Waals surface area contributed by atoms with Crippen LogP contribution in [-0.4, -0.2) is 37.6 Å². The van der Waals surface area contributed by atoms with Crippen molar-refractivity contribution < 1.29 is 14.3 Å². The molecule has 0 spiro atoms. The van der Waals surface area contributed by atoms with E-state index in [9.17, 15) is 9.59 Å². The number of benzene rings is 2. The largest absolute Gasteiger partial charge is 0.381 e. The molecule has 0 bridgehead atoms. The smallest absolute Gasteiger partial charge is 0.241 e. The van der Waals surface area contributed by atoms with Gasteiger partial charge in [0.05, 0.1) is 12.6 Å². The van der Waals surface area contributed by atoms with Crippen LogP contribution in [0.25, 0.3) is 0 Å². The first kappa shape index (κ1) is 26.7. The van der Waals surface area contributed by atoms with Crippen LogP contribution in [-0.2, 0) is 20.9 Å². The highest BCUT2D eigenvalue weighted by Gasteiger charge is 2.26. The van der Waals surface area contributed by atoms with Gasteiger partial charge in [-0.2, -0.15) is 0 Å². The lowest BCUT2D eigenvalue weighted by Crippen LogP contribution is -2.44. The number of nitrogens with two attached hydrogens (primary N) is 2. The van der Waals surface area contributed by atoms with E-state index in [2.05, 4.69) is 5.32 Å². The third-order valence-electron chi connectivity index (χ3n) is 5.12. The van der Waals surface area contributed by atoms with E-state index in [0.29, 0.717) is 25.4 Å². The Bertz CT molecular complexity index is 833. The molecular formula is C22H30Cl2N4O3. The lowest BCUT2D eigenvalue weighted by atomic mass is 9.92. The first-order valence-corrected chi connectivity index (χ1v) is 9.84. The third-order valence-corrected chi connectivity index (χ3v) is 5.12. The molecule has 0 aliphatic carbocycles. The normalized spacial score (nSPS) is 14.5. The highest BCUT2D eigenvalue weighted by Crippen LogP contribution is 2.23. The van der Waals surface area contributed by atoms with Gasteiger partial charge in [-0.15, -0.1) is 24.8 Å². The van der Waals surface area contributed by atoms with Crippen molar-refractivity contribution >= 4 is 48.0 Å². The van der Waals surface area contributed by atoms with Crippen molar-refractivity contribution in [2.45, 2.75) is 25.4 Å². The number of hydrogen-bond donors (Lipinski definition) is 3. The monoisotopic (exact) mass is 468 g/mol. The molecule has 0 radical (unpaired) electrons. The first-order valence-electron chi connectivity index (χ1n) is 9.84. The van der Waals surface area contributed by atoms with Gasteiger partial charge < -0.3 is 26.4 Å². The van der Waals surface area contributed by atoms with E-state index in [-0.39, 0.29) is 43.2 Å². The second-order valence-electron chi connectivity index (χ2n) is 7.32. The van der Waals surface area contributed by atoms with E-state index in [0.717, 1.165) is 24.1 Å². The quantitative estimate of drug-likeness (QED) is 0.551. The van der Waals surface area contributed by atoms with E-state index in [1.165, 1.54) is 0 Å². The van der Waals surface area contributed by atoms with Crippen LogP contribution < -0.4 is 21.7 Å². The number of nitrogens with one attached hydrogen (secondary N) is 1. The Kier molecular flexibility index (Phi) is 11.3. The van der Waals surface area contributed by atoms with Crippen molar-refractivity contribution in [3.8, 4) is 0 Å². The molecule has 0 aromatic heterocycles. The van der Waals surface area contributed by atoms with Gasteiger partial charge in [0.25, 0.3) is 0 Å². The summed E-state index contributed by atoms with van der Waals surface area (Å²) in [7, 11) is 0. The van der Waals surface area contributed by atoms with E-state index in [4.69, 9.17) is 16.2 Å². The fourth-order valence-corrected chi connectivity index (χ4v) is 3.53. The number of amides is 2. The molecule has 1 aliphatic rings. The maximum atomic E-state index is 12.6. The van der Waals surface area contributed by atoms with Gasteiger partial charge >= 0.3 is 0 Å². The maximum absolute atomic E-state index is 12.6. The first-order chi connectivity index (χ1) is 14.0. The number of anilines is 2. The van der Waals surface area contributed by atoms with Gasteiger partial charge in [0, 0.05) is 31.1 Å². The molecule has 9 heteroatoms. The van der Waals surface area contributed by atoms with Crippen LogP contribution in [0.1, 0.15) is 18.4 Å².